The zero-order chi connectivity index (χ0) is 35.9. The molecule has 1 fully saturated rings. The Morgan fingerprint density at radius 3 is 2.10 bits per heavy atom. The number of aromatic hydroxyl groups is 2. The highest BCUT2D eigenvalue weighted by Crippen LogP contribution is 2.41. The van der Waals surface area contributed by atoms with E-state index in [1.807, 2.05) is 65.8 Å². The van der Waals surface area contributed by atoms with Gasteiger partial charge in [-0.1, -0.05) is 36.4 Å². The summed E-state index contributed by atoms with van der Waals surface area (Å²) >= 11 is 0. The zero-order valence-corrected chi connectivity index (χ0v) is 27.8. The smallest absolute Gasteiger partial charge is 0.307 e. The summed E-state index contributed by atoms with van der Waals surface area (Å²) in [6.07, 6.45) is 8.53. The van der Waals surface area contributed by atoms with E-state index in [2.05, 4.69) is 9.97 Å². The molecule has 4 aromatic carbocycles. The number of aromatic amines is 2. The molecule has 9 rings (SSSR count). The van der Waals surface area contributed by atoms with E-state index in [9.17, 15) is 29.7 Å². The van der Waals surface area contributed by atoms with Gasteiger partial charge in [-0.15, -0.1) is 0 Å². The second-order valence-corrected chi connectivity index (χ2v) is 13.0. The van der Waals surface area contributed by atoms with E-state index in [1.54, 1.807) is 24.3 Å². The topological polar surface area (TPSA) is 165 Å². The standard InChI is InChI=1S/C24H22N2O5.C17H11NO3/c27-20-8-7-17-22(28)21(10-15-11-25-19-6-2-1-5-16(15)19)31-23(17)18(20)13-26-9-3-4-14(12-26)24(29)30;19-11-5-6-13-15(8-11)21-16(17(13)20)7-10-9-18-14-4-2-1-3-12(10)14/h1-2,5-8,10-11,14,25,27H,3-4,9,12-13H2,(H,29,30);1-9,18-19H/b21-10-;16-7-. The number of carboxylic acids is 1. The van der Waals surface area contributed by atoms with Crippen LogP contribution < -0.4 is 9.47 Å². The Balaban J connectivity index is 0.000000160. The van der Waals surface area contributed by atoms with Crippen LogP contribution in [0.2, 0.25) is 0 Å². The fourth-order valence-corrected chi connectivity index (χ4v) is 6.96. The van der Waals surface area contributed by atoms with E-state index in [4.69, 9.17) is 9.47 Å². The van der Waals surface area contributed by atoms with Crippen LogP contribution in [0.1, 0.15) is 50.2 Å². The summed E-state index contributed by atoms with van der Waals surface area (Å²) in [5, 5.41) is 31.3. The fourth-order valence-electron chi connectivity index (χ4n) is 6.96. The number of piperidine rings is 1. The number of H-pyrrole nitrogens is 2. The van der Waals surface area contributed by atoms with Crippen LogP contribution in [0.4, 0.5) is 0 Å². The quantitative estimate of drug-likeness (QED) is 0.117. The summed E-state index contributed by atoms with van der Waals surface area (Å²) in [7, 11) is 0. The Labute approximate surface area is 297 Å². The molecule has 5 heterocycles. The fraction of sp³-hybridized carbons (Fsp3) is 0.146. The number of aromatic nitrogens is 2. The molecule has 1 atom stereocenters. The van der Waals surface area contributed by atoms with Crippen molar-refractivity contribution in [1.82, 2.24) is 14.9 Å². The Kier molecular flexibility index (Phi) is 8.32. The second-order valence-electron chi connectivity index (χ2n) is 13.0. The van der Waals surface area contributed by atoms with Crippen molar-refractivity contribution >= 4 is 51.5 Å². The number of hydrogen-bond donors (Lipinski definition) is 5. The Hall–Kier alpha value is -6.59. The van der Waals surface area contributed by atoms with E-state index in [0.717, 1.165) is 45.9 Å². The van der Waals surface area contributed by atoms with Crippen molar-refractivity contribution in [2.24, 2.45) is 5.92 Å². The van der Waals surface area contributed by atoms with Crippen LogP contribution in [0.5, 0.6) is 23.0 Å². The number of carboxylic acid groups (broad SMARTS) is 1. The van der Waals surface area contributed by atoms with Gasteiger partial charge in [-0.25, -0.2) is 0 Å². The first kappa shape index (κ1) is 32.6. The highest BCUT2D eigenvalue weighted by Gasteiger charge is 2.33. The van der Waals surface area contributed by atoms with Crippen LogP contribution in [0.25, 0.3) is 34.0 Å². The van der Waals surface area contributed by atoms with Gasteiger partial charge >= 0.3 is 5.97 Å². The molecule has 0 saturated carbocycles. The first-order chi connectivity index (χ1) is 25.2. The molecular formula is C41H33N3O8. The molecule has 52 heavy (non-hydrogen) atoms. The third-order valence-corrected chi connectivity index (χ3v) is 9.62. The molecule has 1 saturated heterocycles. The predicted molar refractivity (Wildman–Crippen MR) is 194 cm³/mol. The van der Waals surface area contributed by atoms with Gasteiger partial charge in [0.25, 0.3) is 0 Å². The van der Waals surface area contributed by atoms with Gasteiger partial charge in [0.15, 0.2) is 11.5 Å². The minimum Gasteiger partial charge on any atom is -0.508 e. The van der Waals surface area contributed by atoms with Gasteiger partial charge in [0.05, 0.1) is 22.6 Å². The minimum absolute atomic E-state index is 0.0392. The van der Waals surface area contributed by atoms with Gasteiger partial charge in [0.2, 0.25) is 11.6 Å². The number of ether oxygens (including phenoxy) is 2. The Morgan fingerprint density at radius 2 is 1.42 bits per heavy atom. The maximum absolute atomic E-state index is 13.0. The number of aliphatic carboxylic acids is 1. The van der Waals surface area contributed by atoms with E-state index in [1.165, 1.54) is 18.2 Å². The molecule has 0 amide bonds. The van der Waals surface area contributed by atoms with Crippen molar-refractivity contribution < 1.29 is 39.2 Å². The minimum atomic E-state index is -0.803. The van der Waals surface area contributed by atoms with Crippen LogP contribution in [0.15, 0.2) is 103 Å². The summed E-state index contributed by atoms with van der Waals surface area (Å²) in [4.78, 5) is 45.0. The molecule has 5 N–H and O–H groups in total. The summed E-state index contributed by atoms with van der Waals surface area (Å²) in [6, 6.07) is 23.2. The third kappa shape index (κ3) is 6.07. The van der Waals surface area contributed by atoms with Gasteiger partial charge in [0.1, 0.15) is 23.0 Å². The van der Waals surface area contributed by atoms with E-state index in [-0.39, 0.29) is 34.6 Å². The molecule has 0 radical (unpaired) electrons. The Bertz CT molecular complexity index is 2470. The average molecular weight is 696 g/mol. The van der Waals surface area contributed by atoms with Gasteiger partial charge < -0.3 is 34.8 Å². The number of carbonyl (C=O) groups is 3. The van der Waals surface area contributed by atoms with E-state index in [0.29, 0.717) is 47.7 Å². The molecule has 0 spiro atoms. The van der Waals surface area contributed by atoms with Crippen molar-refractivity contribution in [1.29, 1.82) is 0 Å². The first-order valence-corrected chi connectivity index (χ1v) is 16.9. The number of allylic oxidation sites excluding steroid dienone is 2. The van der Waals surface area contributed by atoms with Gasteiger partial charge in [-0.05, 0) is 67.9 Å². The van der Waals surface area contributed by atoms with Crippen molar-refractivity contribution in [3.8, 4) is 23.0 Å². The molecule has 260 valence electrons. The summed E-state index contributed by atoms with van der Waals surface area (Å²) in [5.41, 5.74) is 5.10. The number of nitrogens with one attached hydrogen (secondary N) is 2. The third-order valence-electron chi connectivity index (χ3n) is 9.62. The van der Waals surface area contributed by atoms with E-state index < -0.39 is 11.9 Å². The zero-order valence-electron chi connectivity index (χ0n) is 27.8. The number of likely N-dealkylation sites (tertiary alicyclic amines) is 1. The molecule has 6 aromatic rings. The highest BCUT2D eigenvalue weighted by atomic mass is 16.5. The monoisotopic (exact) mass is 695 g/mol. The summed E-state index contributed by atoms with van der Waals surface area (Å²) < 4.78 is 11.5. The molecule has 2 aromatic heterocycles. The maximum Gasteiger partial charge on any atom is 0.307 e. The van der Waals surface area contributed by atoms with Gasteiger partial charge in [-0.2, -0.15) is 0 Å². The lowest BCUT2D eigenvalue weighted by Crippen LogP contribution is -2.38. The number of fused-ring (bicyclic) bond motifs is 4. The second kappa shape index (κ2) is 13.3. The number of ketones is 2. The molecule has 3 aliphatic rings. The van der Waals surface area contributed by atoms with Crippen LogP contribution in [-0.2, 0) is 11.3 Å². The SMILES string of the molecule is O=C1/C(=C/c2c[nH]c3ccccc23)Oc2c1ccc(O)c2CN1CCCC(C(=O)O)C1.O=C1/C(=C/c2c[nH]c3ccccc23)Oc2cc(O)ccc21. The molecule has 3 aliphatic heterocycles. The predicted octanol–water partition coefficient (Wildman–Crippen LogP) is 7.28. The van der Waals surface area contributed by atoms with Crippen LogP contribution in [0.3, 0.4) is 0 Å². The summed E-state index contributed by atoms with van der Waals surface area (Å²) in [5.74, 6) is -0.296. The number of nitrogens with zero attached hydrogens (tertiary/aromatic N) is 1. The molecule has 1 unspecified atom stereocenters. The van der Waals surface area contributed by atoms with Crippen LogP contribution >= 0.6 is 0 Å². The normalized spacial score (nSPS) is 18.3. The van der Waals surface area contributed by atoms with Crippen molar-refractivity contribution in [2.45, 2.75) is 19.4 Å². The lowest BCUT2D eigenvalue weighted by atomic mass is 9.97. The molecule has 11 nitrogen and oxygen atoms in total. The first-order valence-electron chi connectivity index (χ1n) is 16.9. The average Bonchev–Trinajstić information content (AvgIpc) is 3.91. The number of phenolic OH excluding ortho intramolecular Hbond substituents is 2. The van der Waals surface area contributed by atoms with Gasteiger partial charge in [0, 0.05) is 64.5 Å². The van der Waals surface area contributed by atoms with Gasteiger partial charge in [-0.3, -0.25) is 19.3 Å². The lowest BCUT2D eigenvalue weighted by molar-refractivity contribution is -0.143. The largest absolute Gasteiger partial charge is 0.508 e. The number of carbonyl (C=O) groups excluding carboxylic acids is 2. The number of phenols is 2. The van der Waals surface area contributed by atoms with Crippen LogP contribution in [0, 0.1) is 5.92 Å². The molecule has 0 bridgehead atoms. The highest BCUT2D eigenvalue weighted by molar-refractivity contribution is 6.16. The van der Waals surface area contributed by atoms with Crippen LogP contribution in [-0.4, -0.2) is 60.8 Å². The number of rotatable bonds is 5. The van der Waals surface area contributed by atoms with E-state index >= 15 is 0 Å². The molecule has 0 aliphatic carbocycles. The number of benzene rings is 4. The lowest BCUT2D eigenvalue weighted by Gasteiger charge is -2.31. The van der Waals surface area contributed by atoms with Crippen molar-refractivity contribution in [3.05, 3.63) is 131 Å². The van der Waals surface area contributed by atoms with Crippen molar-refractivity contribution in [2.75, 3.05) is 13.1 Å². The summed E-state index contributed by atoms with van der Waals surface area (Å²) in [6.45, 7) is 1.47. The Morgan fingerprint density at radius 1 is 0.808 bits per heavy atom. The maximum atomic E-state index is 13.0. The number of hydrogen-bond acceptors (Lipinski definition) is 8. The van der Waals surface area contributed by atoms with Crippen molar-refractivity contribution in [3.63, 3.8) is 0 Å². The number of Topliss-reactive ketones (excluding diaryl/α,β-unsaturated/α-hetero) is 2. The molecular weight excluding hydrogens is 662 g/mol. The number of para-hydroxylation sites is 2. The molecule has 11 heteroatoms.